The van der Waals surface area contributed by atoms with Crippen LogP contribution in [0.5, 0.6) is 0 Å². The van der Waals surface area contributed by atoms with Crippen LogP contribution < -0.4 is 26.4 Å². The lowest BCUT2D eigenvalue weighted by atomic mass is 9.89. The van der Waals surface area contributed by atoms with Crippen LogP contribution in [0, 0.1) is 5.92 Å². The Hall–Kier alpha value is -2.16. The molecule has 28 heavy (non-hydrogen) atoms. The number of anilines is 1. The standard InChI is InChI=1S/C20H30N6O2/c27-18(26-12-10-25(11-13-26)15-4-2-1-3-5-15)7-9-22-20(28)19-16-14-21-8-6-17(16)23-24-19/h1-5,16-17,19,21,23-24H,6-14H2,(H,22,28). The molecule has 4 rings (SSSR count). The number of benzene rings is 1. The van der Waals surface area contributed by atoms with E-state index in [1.54, 1.807) is 0 Å². The highest BCUT2D eigenvalue weighted by atomic mass is 16.2. The molecule has 3 unspecified atom stereocenters. The lowest BCUT2D eigenvalue weighted by Crippen LogP contribution is -2.51. The van der Waals surface area contributed by atoms with Crippen molar-refractivity contribution in [2.75, 3.05) is 50.7 Å². The number of hydrazine groups is 1. The van der Waals surface area contributed by atoms with Crippen LogP contribution in [0.2, 0.25) is 0 Å². The van der Waals surface area contributed by atoms with Crippen LogP contribution in [0.15, 0.2) is 30.3 Å². The molecule has 2 amide bonds. The number of nitrogens with zero attached hydrogens (tertiary/aromatic N) is 2. The number of piperazine rings is 1. The van der Waals surface area contributed by atoms with Crippen molar-refractivity contribution in [3.63, 3.8) is 0 Å². The largest absolute Gasteiger partial charge is 0.368 e. The Kier molecular flexibility index (Phi) is 6.09. The minimum Gasteiger partial charge on any atom is -0.368 e. The molecule has 3 saturated heterocycles. The first-order valence-corrected chi connectivity index (χ1v) is 10.3. The third kappa shape index (κ3) is 4.29. The average molecular weight is 387 g/mol. The highest BCUT2D eigenvalue weighted by molar-refractivity contribution is 5.83. The molecule has 0 spiro atoms. The van der Waals surface area contributed by atoms with Crippen molar-refractivity contribution in [1.82, 2.24) is 26.4 Å². The second-order valence-electron chi connectivity index (χ2n) is 7.77. The number of piperidine rings is 1. The summed E-state index contributed by atoms with van der Waals surface area (Å²) in [4.78, 5) is 29.2. The van der Waals surface area contributed by atoms with E-state index in [9.17, 15) is 9.59 Å². The highest BCUT2D eigenvalue weighted by Gasteiger charge is 2.40. The zero-order valence-corrected chi connectivity index (χ0v) is 16.2. The van der Waals surface area contributed by atoms with Gasteiger partial charge < -0.3 is 20.4 Å². The molecule has 152 valence electrons. The van der Waals surface area contributed by atoms with Gasteiger partial charge in [0.15, 0.2) is 0 Å². The molecule has 3 aliphatic rings. The fraction of sp³-hybridized carbons (Fsp3) is 0.600. The molecule has 3 fully saturated rings. The van der Waals surface area contributed by atoms with Crippen LogP contribution in [0.3, 0.4) is 0 Å². The van der Waals surface area contributed by atoms with Crippen molar-refractivity contribution >= 4 is 17.5 Å². The van der Waals surface area contributed by atoms with Gasteiger partial charge in [-0.05, 0) is 25.1 Å². The Morgan fingerprint density at radius 3 is 2.64 bits per heavy atom. The summed E-state index contributed by atoms with van der Waals surface area (Å²) in [5.41, 5.74) is 7.55. The fourth-order valence-electron chi connectivity index (χ4n) is 4.39. The van der Waals surface area contributed by atoms with E-state index in [-0.39, 0.29) is 23.8 Å². The first kappa shape index (κ1) is 19.2. The molecular weight excluding hydrogens is 356 g/mol. The van der Waals surface area contributed by atoms with E-state index in [4.69, 9.17) is 0 Å². The first-order chi connectivity index (χ1) is 13.7. The molecule has 0 aliphatic carbocycles. The van der Waals surface area contributed by atoms with Crippen molar-refractivity contribution in [3.05, 3.63) is 30.3 Å². The van der Waals surface area contributed by atoms with Gasteiger partial charge in [-0.1, -0.05) is 18.2 Å². The number of rotatable bonds is 5. The number of carbonyl (C=O) groups is 2. The maximum atomic E-state index is 12.5. The molecule has 1 aromatic rings. The summed E-state index contributed by atoms with van der Waals surface area (Å²) in [6.07, 6.45) is 1.37. The number of para-hydroxylation sites is 1. The van der Waals surface area contributed by atoms with Crippen molar-refractivity contribution in [1.29, 1.82) is 0 Å². The lowest BCUT2D eigenvalue weighted by Gasteiger charge is -2.36. The smallest absolute Gasteiger partial charge is 0.238 e. The predicted molar refractivity (Wildman–Crippen MR) is 108 cm³/mol. The second kappa shape index (κ2) is 8.89. The maximum Gasteiger partial charge on any atom is 0.238 e. The molecule has 0 aromatic heterocycles. The summed E-state index contributed by atoms with van der Waals surface area (Å²) in [6, 6.07) is 10.4. The molecule has 8 heteroatoms. The summed E-state index contributed by atoms with van der Waals surface area (Å²) in [7, 11) is 0. The summed E-state index contributed by atoms with van der Waals surface area (Å²) in [5.74, 6) is 0.351. The Morgan fingerprint density at radius 1 is 1.07 bits per heavy atom. The number of amides is 2. The maximum absolute atomic E-state index is 12.5. The Morgan fingerprint density at radius 2 is 1.86 bits per heavy atom. The van der Waals surface area contributed by atoms with Gasteiger partial charge in [-0.2, -0.15) is 0 Å². The zero-order chi connectivity index (χ0) is 19.3. The summed E-state index contributed by atoms with van der Waals surface area (Å²) in [6.45, 7) is 5.35. The zero-order valence-electron chi connectivity index (χ0n) is 16.2. The van der Waals surface area contributed by atoms with E-state index >= 15 is 0 Å². The average Bonchev–Trinajstić information content (AvgIpc) is 3.19. The minimum atomic E-state index is -0.234. The minimum absolute atomic E-state index is 0.0228. The third-order valence-corrected chi connectivity index (χ3v) is 6.06. The predicted octanol–water partition coefficient (Wildman–Crippen LogP) is -0.704. The molecule has 3 heterocycles. The topological polar surface area (TPSA) is 88.7 Å². The van der Waals surface area contributed by atoms with Crippen molar-refractivity contribution < 1.29 is 9.59 Å². The molecule has 4 N–H and O–H groups in total. The monoisotopic (exact) mass is 386 g/mol. The van der Waals surface area contributed by atoms with E-state index < -0.39 is 0 Å². The van der Waals surface area contributed by atoms with Gasteiger partial charge in [0, 0.05) is 63.3 Å². The molecule has 3 atom stereocenters. The van der Waals surface area contributed by atoms with Crippen LogP contribution in [0.4, 0.5) is 5.69 Å². The molecular formula is C20H30N6O2. The number of carbonyl (C=O) groups excluding carboxylic acids is 2. The van der Waals surface area contributed by atoms with E-state index in [0.717, 1.165) is 45.7 Å². The molecule has 0 radical (unpaired) electrons. The van der Waals surface area contributed by atoms with Gasteiger partial charge in [0.1, 0.15) is 6.04 Å². The van der Waals surface area contributed by atoms with E-state index in [1.165, 1.54) is 5.69 Å². The number of hydrogen-bond donors (Lipinski definition) is 4. The molecule has 0 bridgehead atoms. The Bertz CT molecular complexity index is 677. The highest BCUT2D eigenvalue weighted by Crippen LogP contribution is 2.20. The van der Waals surface area contributed by atoms with Crippen molar-refractivity contribution in [2.24, 2.45) is 5.92 Å². The van der Waals surface area contributed by atoms with Gasteiger partial charge >= 0.3 is 0 Å². The molecule has 0 saturated carbocycles. The van der Waals surface area contributed by atoms with Gasteiger partial charge in [0.2, 0.25) is 11.8 Å². The van der Waals surface area contributed by atoms with Gasteiger partial charge in [0.05, 0.1) is 0 Å². The third-order valence-electron chi connectivity index (χ3n) is 6.06. The second-order valence-corrected chi connectivity index (χ2v) is 7.77. The van der Waals surface area contributed by atoms with Crippen molar-refractivity contribution in [3.8, 4) is 0 Å². The van der Waals surface area contributed by atoms with Gasteiger partial charge in [-0.15, -0.1) is 0 Å². The number of fused-ring (bicyclic) bond motifs is 1. The van der Waals surface area contributed by atoms with E-state index in [1.807, 2.05) is 23.1 Å². The SMILES string of the molecule is O=C(NCCC(=O)N1CCN(c2ccccc2)CC1)C1NNC2CCNCC21. The summed E-state index contributed by atoms with van der Waals surface area (Å²) >= 11 is 0. The van der Waals surface area contributed by atoms with Crippen LogP contribution in [0.1, 0.15) is 12.8 Å². The number of hydrogen-bond acceptors (Lipinski definition) is 6. The first-order valence-electron chi connectivity index (χ1n) is 10.3. The number of nitrogens with one attached hydrogen (secondary N) is 4. The van der Waals surface area contributed by atoms with Crippen LogP contribution >= 0.6 is 0 Å². The lowest BCUT2D eigenvalue weighted by molar-refractivity contribution is -0.131. The van der Waals surface area contributed by atoms with Gasteiger partial charge in [-0.25, -0.2) is 5.43 Å². The normalized spacial score (nSPS) is 27.4. The molecule has 1 aromatic carbocycles. The fourth-order valence-corrected chi connectivity index (χ4v) is 4.39. The Balaban J connectivity index is 1.17. The molecule has 3 aliphatic heterocycles. The summed E-state index contributed by atoms with van der Waals surface area (Å²) < 4.78 is 0. The molecule has 8 nitrogen and oxygen atoms in total. The van der Waals surface area contributed by atoms with Gasteiger partial charge in [-0.3, -0.25) is 15.0 Å². The van der Waals surface area contributed by atoms with Crippen LogP contribution in [-0.4, -0.2) is 74.6 Å². The van der Waals surface area contributed by atoms with Gasteiger partial charge in [0.25, 0.3) is 0 Å². The van der Waals surface area contributed by atoms with E-state index in [2.05, 4.69) is 38.5 Å². The van der Waals surface area contributed by atoms with Crippen LogP contribution in [0.25, 0.3) is 0 Å². The van der Waals surface area contributed by atoms with Crippen LogP contribution in [-0.2, 0) is 9.59 Å². The van der Waals surface area contributed by atoms with Crippen molar-refractivity contribution in [2.45, 2.75) is 24.9 Å². The summed E-state index contributed by atoms with van der Waals surface area (Å²) in [5, 5.41) is 6.28. The Labute approximate surface area is 166 Å². The quantitative estimate of drug-likeness (QED) is 0.535. The van der Waals surface area contributed by atoms with E-state index in [0.29, 0.717) is 19.0 Å².